The maximum absolute atomic E-state index is 5.00. The Morgan fingerprint density at radius 2 is 2.27 bits per heavy atom. The average Bonchev–Trinajstić information content (AvgIpc) is 2.71. The number of hydrogen-bond acceptors (Lipinski definition) is 3. The van der Waals surface area contributed by atoms with Crippen LogP contribution < -0.4 is 5.32 Å². The summed E-state index contributed by atoms with van der Waals surface area (Å²) >= 11 is 0. The largest absolute Gasteiger partial charge is 0.385 e. The monoisotopic (exact) mass is 214 g/mol. The SMILES string of the molecule is CCC1CCN(CCNCCCOC)C1. The number of hydrogen-bond donors (Lipinski definition) is 1. The highest BCUT2D eigenvalue weighted by molar-refractivity contribution is 4.74. The third-order valence-corrected chi connectivity index (χ3v) is 3.25. The minimum absolute atomic E-state index is 0.870. The van der Waals surface area contributed by atoms with Crippen LogP contribution in [0.2, 0.25) is 0 Å². The van der Waals surface area contributed by atoms with Crippen molar-refractivity contribution in [1.82, 2.24) is 10.2 Å². The zero-order valence-corrected chi connectivity index (χ0v) is 10.3. The second-order valence-corrected chi connectivity index (χ2v) is 4.46. The first kappa shape index (κ1) is 12.9. The second-order valence-electron chi connectivity index (χ2n) is 4.46. The highest BCUT2D eigenvalue weighted by Crippen LogP contribution is 2.17. The number of methoxy groups -OCH3 is 1. The molecule has 1 aliphatic rings. The molecule has 0 aromatic heterocycles. The van der Waals surface area contributed by atoms with Gasteiger partial charge in [-0.05, 0) is 31.8 Å². The van der Waals surface area contributed by atoms with Crippen molar-refractivity contribution >= 4 is 0 Å². The number of rotatable bonds is 8. The summed E-state index contributed by atoms with van der Waals surface area (Å²) in [5.74, 6) is 0.957. The Bertz CT molecular complexity index is 153. The van der Waals surface area contributed by atoms with Crippen molar-refractivity contribution in [1.29, 1.82) is 0 Å². The van der Waals surface area contributed by atoms with Gasteiger partial charge in [0, 0.05) is 33.4 Å². The van der Waals surface area contributed by atoms with Crippen molar-refractivity contribution in [3.8, 4) is 0 Å². The molecular formula is C12H26N2O. The second kappa shape index (κ2) is 8.08. The molecule has 0 radical (unpaired) electrons. The quantitative estimate of drug-likeness (QED) is 0.617. The molecule has 1 heterocycles. The smallest absolute Gasteiger partial charge is 0.0474 e. The third kappa shape index (κ3) is 5.50. The highest BCUT2D eigenvalue weighted by Gasteiger charge is 2.19. The molecule has 0 aromatic rings. The van der Waals surface area contributed by atoms with Crippen molar-refractivity contribution in [2.24, 2.45) is 5.92 Å². The molecule has 1 rings (SSSR count). The van der Waals surface area contributed by atoms with E-state index in [1.807, 2.05) is 0 Å². The standard InChI is InChI=1S/C12H26N2O/c1-3-12-5-8-14(11-12)9-7-13-6-4-10-15-2/h12-13H,3-11H2,1-2H3. The summed E-state index contributed by atoms with van der Waals surface area (Å²) < 4.78 is 5.00. The Labute approximate surface area is 94.2 Å². The number of likely N-dealkylation sites (tertiary alicyclic amines) is 1. The fraction of sp³-hybridized carbons (Fsp3) is 1.00. The van der Waals surface area contributed by atoms with Gasteiger partial charge in [-0.25, -0.2) is 0 Å². The van der Waals surface area contributed by atoms with E-state index >= 15 is 0 Å². The van der Waals surface area contributed by atoms with E-state index in [4.69, 9.17) is 4.74 Å². The molecule has 1 unspecified atom stereocenters. The van der Waals surface area contributed by atoms with E-state index in [0.717, 1.165) is 32.0 Å². The highest BCUT2D eigenvalue weighted by atomic mass is 16.5. The predicted molar refractivity (Wildman–Crippen MR) is 64.2 cm³/mol. The molecule has 3 nitrogen and oxygen atoms in total. The van der Waals surface area contributed by atoms with Gasteiger partial charge >= 0.3 is 0 Å². The van der Waals surface area contributed by atoms with Crippen molar-refractivity contribution in [3.63, 3.8) is 0 Å². The summed E-state index contributed by atoms with van der Waals surface area (Å²) in [5, 5.41) is 3.46. The van der Waals surface area contributed by atoms with E-state index in [-0.39, 0.29) is 0 Å². The van der Waals surface area contributed by atoms with E-state index in [2.05, 4.69) is 17.1 Å². The van der Waals surface area contributed by atoms with E-state index < -0.39 is 0 Å². The van der Waals surface area contributed by atoms with Crippen LogP contribution in [0.25, 0.3) is 0 Å². The van der Waals surface area contributed by atoms with Crippen LogP contribution in [0.15, 0.2) is 0 Å². The van der Waals surface area contributed by atoms with Gasteiger partial charge in [0.15, 0.2) is 0 Å². The Morgan fingerprint density at radius 1 is 1.40 bits per heavy atom. The van der Waals surface area contributed by atoms with Gasteiger partial charge in [-0.15, -0.1) is 0 Å². The van der Waals surface area contributed by atoms with Crippen molar-refractivity contribution in [3.05, 3.63) is 0 Å². The molecule has 1 fully saturated rings. The fourth-order valence-electron chi connectivity index (χ4n) is 2.15. The van der Waals surface area contributed by atoms with Crippen LogP contribution in [0, 0.1) is 5.92 Å². The van der Waals surface area contributed by atoms with Gasteiger partial charge in [-0.3, -0.25) is 0 Å². The molecule has 90 valence electrons. The zero-order valence-electron chi connectivity index (χ0n) is 10.3. The van der Waals surface area contributed by atoms with E-state index in [1.165, 1.54) is 32.5 Å². The molecule has 1 atom stereocenters. The van der Waals surface area contributed by atoms with Gasteiger partial charge in [-0.2, -0.15) is 0 Å². The summed E-state index contributed by atoms with van der Waals surface area (Å²) in [6, 6.07) is 0. The first-order chi connectivity index (χ1) is 7.36. The Kier molecular flexibility index (Phi) is 6.98. The molecule has 0 aliphatic carbocycles. The Morgan fingerprint density at radius 3 is 2.93 bits per heavy atom. The van der Waals surface area contributed by atoms with Crippen molar-refractivity contribution in [2.45, 2.75) is 26.2 Å². The maximum atomic E-state index is 5.00. The van der Waals surface area contributed by atoms with Crippen LogP contribution in [0.5, 0.6) is 0 Å². The van der Waals surface area contributed by atoms with Crippen molar-refractivity contribution < 1.29 is 4.74 Å². The van der Waals surface area contributed by atoms with Crippen LogP contribution in [-0.2, 0) is 4.74 Å². The normalized spacial score (nSPS) is 22.4. The molecule has 15 heavy (non-hydrogen) atoms. The Balaban J connectivity index is 1.88. The fourth-order valence-corrected chi connectivity index (χ4v) is 2.15. The first-order valence-corrected chi connectivity index (χ1v) is 6.28. The molecule has 3 heteroatoms. The van der Waals surface area contributed by atoms with Crippen LogP contribution >= 0.6 is 0 Å². The first-order valence-electron chi connectivity index (χ1n) is 6.28. The number of ether oxygens (including phenoxy) is 1. The van der Waals surface area contributed by atoms with Gasteiger partial charge in [0.1, 0.15) is 0 Å². The lowest BCUT2D eigenvalue weighted by Gasteiger charge is -2.15. The van der Waals surface area contributed by atoms with Gasteiger partial charge in [0.25, 0.3) is 0 Å². The van der Waals surface area contributed by atoms with Crippen LogP contribution in [0.4, 0.5) is 0 Å². The number of nitrogens with zero attached hydrogens (tertiary/aromatic N) is 1. The molecule has 0 amide bonds. The molecule has 0 saturated carbocycles. The summed E-state index contributed by atoms with van der Waals surface area (Å²) in [6.45, 7) is 9.21. The number of nitrogens with one attached hydrogen (secondary N) is 1. The average molecular weight is 214 g/mol. The lowest BCUT2D eigenvalue weighted by molar-refractivity contribution is 0.194. The summed E-state index contributed by atoms with van der Waals surface area (Å²) in [4.78, 5) is 2.58. The zero-order chi connectivity index (χ0) is 10.9. The lowest BCUT2D eigenvalue weighted by atomic mass is 10.1. The van der Waals surface area contributed by atoms with Gasteiger partial charge in [-0.1, -0.05) is 13.3 Å². The van der Waals surface area contributed by atoms with Crippen molar-refractivity contribution in [2.75, 3.05) is 46.4 Å². The van der Waals surface area contributed by atoms with Gasteiger partial charge < -0.3 is 15.0 Å². The lowest BCUT2D eigenvalue weighted by Crippen LogP contribution is -2.31. The van der Waals surface area contributed by atoms with E-state index in [1.54, 1.807) is 7.11 Å². The molecular weight excluding hydrogens is 188 g/mol. The minimum atomic E-state index is 0.870. The molecule has 0 bridgehead atoms. The molecule has 1 aliphatic heterocycles. The summed E-state index contributed by atoms with van der Waals surface area (Å²) in [5.41, 5.74) is 0. The summed E-state index contributed by atoms with van der Waals surface area (Å²) in [6.07, 6.45) is 3.87. The Hall–Kier alpha value is -0.120. The van der Waals surface area contributed by atoms with Crippen LogP contribution in [0.1, 0.15) is 26.2 Å². The van der Waals surface area contributed by atoms with E-state index in [0.29, 0.717) is 0 Å². The van der Waals surface area contributed by atoms with Crippen LogP contribution in [-0.4, -0.2) is 51.3 Å². The predicted octanol–water partition coefficient (Wildman–Crippen LogP) is 1.34. The third-order valence-electron chi connectivity index (χ3n) is 3.25. The topological polar surface area (TPSA) is 24.5 Å². The minimum Gasteiger partial charge on any atom is -0.385 e. The summed E-state index contributed by atoms with van der Waals surface area (Å²) in [7, 11) is 1.76. The molecule has 1 saturated heterocycles. The van der Waals surface area contributed by atoms with Crippen LogP contribution in [0.3, 0.4) is 0 Å². The molecule has 0 aromatic carbocycles. The van der Waals surface area contributed by atoms with Gasteiger partial charge in [0.2, 0.25) is 0 Å². The molecule has 1 N–H and O–H groups in total. The maximum Gasteiger partial charge on any atom is 0.0474 e. The van der Waals surface area contributed by atoms with E-state index in [9.17, 15) is 0 Å². The molecule has 0 spiro atoms. The van der Waals surface area contributed by atoms with Gasteiger partial charge in [0.05, 0.1) is 0 Å².